The van der Waals surface area contributed by atoms with Crippen LogP contribution in [-0.2, 0) is 13.2 Å². The zero-order chi connectivity index (χ0) is 22.5. The molecule has 3 rings (SSSR count). The number of pyridine rings is 1. The van der Waals surface area contributed by atoms with Crippen LogP contribution in [0.3, 0.4) is 0 Å². The molecule has 2 aromatic carbocycles. The van der Waals surface area contributed by atoms with Gasteiger partial charge < -0.3 is 26.7 Å². The molecule has 0 fully saturated rings. The number of amidine groups is 2. The SMILES string of the molecule is Cc1c(CNc2ccc(C(=N)N)cc2)c[n+]([O-])c(C)c1OCc1cccc(C(=N)N)c1. The van der Waals surface area contributed by atoms with Crippen molar-refractivity contribution in [2.24, 2.45) is 11.5 Å². The van der Waals surface area contributed by atoms with Gasteiger partial charge in [-0.25, -0.2) is 0 Å². The maximum Gasteiger partial charge on any atom is 0.232 e. The number of nitrogen functional groups attached to an aromatic ring is 2. The molecule has 0 spiro atoms. The van der Waals surface area contributed by atoms with Gasteiger partial charge in [-0.3, -0.25) is 10.8 Å². The fourth-order valence-electron chi connectivity index (χ4n) is 3.19. The molecule has 0 bridgehead atoms. The number of nitrogens with one attached hydrogen (secondary N) is 3. The van der Waals surface area contributed by atoms with Crippen LogP contribution >= 0.6 is 0 Å². The molecular weight excluding hydrogens is 392 g/mol. The first-order chi connectivity index (χ1) is 14.8. The molecule has 1 heterocycles. The minimum Gasteiger partial charge on any atom is -0.618 e. The van der Waals surface area contributed by atoms with Crippen molar-refractivity contribution in [3.05, 3.63) is 93.4 Å². The highest BCUT2D eigenvalue weighted by Crippen LogP contribution is 2.25. The smallest absolute Gasteiger partial charge is 0.232 e. The lowest BCUT2D eigenvalue weighted by Crippen LogP contribution is -2.32. The Balaban J connectivity index is 1.76. The molecule has 0 saturated carbocycles. The van der Waals surface area contributed by atoms with Crippen molar-refractivity contribution in [2.45, 2.75) is 27.0 Å². The second-order valence-corrected chi connectivity index (χ2v) is 7.27. The standard InChI is InChI=1S/C23H26N6O2/c1-14-19(11-28-20-8-6-17(7-9-20)22(24)25)12-29(30)15(2)21(14)31-13-16-4-3-5-18(10-16)23(26)27/h3-10,12,28H,11,13H2,1-2H3,(H3,24,25)(H3,26,27). The molecule has 0 aliphatic heterocycles. The van der Waals surface area contributed by atoms with E-state index in [1.807, 2.05) is 31.2 Å². The minimum absolute atomic E-state index is 0.00369. The number of aromatic nitrogens is 1. The highest BCUT2D eigenvalue weighted by molar-refractivity contribution is 5.95. The van der Waals surface area contributed by atoms with Crippen LogP contribution in [0.5, 0.6) is 5.75 Å². The lowest BCUT2D eigenvalue weighted by molar-refractivity contribution is -0.613. The quantitative estimate of drug-likeness (QED) is 0.165. The maximum atomic E-state index is 12.4. The van der Waals surface area contributed by atoms with E-state index in [0.29, 0.717) is 29.1 Å². The van der Waals surface area contributed by atoms with Crippen molar-refractivity contribution in [3.63, 3.8) is 0 Å². The van der Waals surface area contributed by atoms with Gasteiger partial charge in [-0.15, -0.1) is 0 Å². The molecule has 3 aromatic rings. The summed E-state index contributed by atoms with van der Waals surface area (Å²) in [6.45, 7) is 4.33. The van der Waals surface area contributed by atoms with E-state index in [1.54, 1.807) is 37.4 Å². The van der Waals surface area contributed by atoms with Gasteiger partial charge in [-0.2, -0.15) is 4.73 Å². The minimum atomic E-state index is -0.00369. The van der Waals surface area contributed by atoms with E-state index >= 15 is 0 Å². The third-order valence-corrected chi connectivity index (χ3v) is 5.05. The summed E-state index contributed by atoms with van der Waals surface area (Å²) >= 11 is 0. The highest BCUT2D eigenvalue weighted by Gasteiger charge is 2.18. The van der Waals surface area contributed by atoms with Crippen LogP contribution in [-0.4, -0.2) is 11.7 Å². The van der Waals surface area contributed by atoms with E-state index in [9.17, 15) is 5.21 Å². The van der Waals surface area contributed by atoms with Crippen molar-refractivity contribution < 1.29 is 9.47 Å². The molecule has 0 radical (unpaired) electrons. The Labute approximate surface area is 181 Å². The molecule has 0 atom stereocenters. The molecule has 31 heavy (non-hydrogen) atoms. The lowest BCUT2D eigenvalue weighted by Gasteiger charge is -2.16. The number of nitrogens with zero attached hydrogens (tertiary/aromatic N) is 1. The third-order valence-electron chi connectivity index (χ3n) is 5.05. The number of rotatable bonds is 8. The summed E-state index contributed by atoms with van der Waals surface area (Å²) in [6, 6.07) is 14.5. The van der Waals surface area contributed by atoms with Crippen LogP contribution in [0.25, 0.3) is 0 Å². The molecule has 0 aliphatic carbocycles. The van der Waals surface area contributed by atoms with Crippen LogP contribution in [0.4, 0.5) is 5.69 Å². The monoisotopic (exact) mass is 418 g/mol. The van der Waals surface area contributed by atoms with Crippen LogP contribution < -0.4 is 26.3 Å². The van der Waals surface area contributed by atoms with Crippen molar-refractivity contribution in [1.29, 1.82) is 10.8 Å². The zero-order valence-corrected chi connectivity index (χ0v) is 17.5. The van der Waals surface area contributed by atoms with Crippen molar-refractivity contribution in [3.8, 4) is 5.75 Å². The van der Waals surface area contributed by atoms with Gasteiger partial charge in [0.05, 0.1) is 0 Å². The van der Waals surface area contributed by atoms with Gasteiger partial charge in [0.25, 0.3) is 0 Å². The molecule has 0 saturated heterocycles. The van der Waals surface area contributed by atoms with Crippen LogP contribution in [0, 0.1) is 29.9 Å². The molecule has 160 valence electrons. The fraction of sp³-hybridized carbons (Fsp3) is 0.174. The van der Waals surface area contributed by atoms with E-state index in [2.05, 4.69) is 5.32 Å². The molecule has 0 amide bonds. The molecular formula is C23H26N6O2. The Hall–Kier alpha value is -4.07. The average Bonchev–Trinajstić information content (AvgIpc) is 2.75. The fourth-order valence-corrected chi connectivity index (χ4v) is 3.19. The van der Waals surface area contributed by atoms with Gasteiger partial charge in [0.2, 0.25) is 5.69 Å². The van der Waals surface area contributed by atoms with E-state index in [0.717, 1.165) is 27.1 Å². The van der Waals surface area contributed by atoms with E-state index in [-0.39, 0.29) is 18.3 Å². The summed E-state index contributed by atoms with van der Waals surface area (Å²) in [5.41, 5.74) is 16.2. The van der Waals surface area contributed by atoms with E-state index in [1.165, 1.54) is 0 Å². The van der Waals surface area contributed by atoms with Gasteiger partial charge in [0.15, 0.2) is 11.9 Å². The van der Waals surface area contributed by atoms with Gasteiger partial charge in [-0.05, 0) is 42.8 Å². The molecule has 0 aliphatic rings. The maximum absolute atomic E-state index is 12.4. The summed E-state index contributed by atoms with van der Waals surface area (Å²) < 4.78 is 6.82. The highest BCUT2D eigenvalue weighted by atomic mass is 16.5. The second kappa shape index (κ2) is 9.17. The van der Waals surface area contributed by atoms with Crippen molar-refractivity contribution in [1.82, 2.24) is 0 Å². The number of hydrogen-bond donors (Lipinski definition) is 5. The number of anilines is 1. The number of nitrogens with two attached hydrogens (primary N) is 2. The number of benzene rings is 2. The Morgan fingerprint density at radius 1 is 1.03 bits per heavy atom. The molecule has 8 nitrogen and oxygen atoms in total. The summed E-state index contributed by atoms with van der Waals surface area (Å²) in [6.07, 6.45) is 1.55. The average molecular weight is 419 g/mol. The normalized spacial score (nSPS) is 10.5. The summed E-state index contributed by atoms with van der Waals surface area (Å²) in [4.78, 5) is 0. The summed E-state index contributed by atoms with van der Waals surface area (Å²) in [5, 5.41) is 30.7. The van der Waals surface area contributed by atoms with Crippen LogP contribution in [0.15, 0.2) is 54.7 Å². The van der Waals surface area contributed by atoms with Gasteiger partial charge in [0, 0.05) is 41.4 Å². The summed E-state index contributed by atoms with van der Waals surface area (Å²) in [5.74, 6) is 0.550. The first-order valence-electron chi connectivity index (χ1n) is 9.73. The predicted molar refractivity (Wildman–Crippen MR) is 121 cm³/mol. The molecule has 8 heteroatoms. The molecule has 1 aromatic heterocycles. The summed E-state index contributed by atoms with van der Waals surface area (Å²) in [7, 11) is 0. The Morgan fingerprint density at radius 2 is 1.71 bits per heavy atom. The van der Waals surface area contributed by atoms with Crippen molar-refractivity contribution in [2.75, 3.05) is 5.32 Å². The van der Waals surface area contributed by atoms with Crippen LogP contribution in [0.2, 0.25) is 0 Å². The largest absolute Gasteiger partial charge is 0.618 e. The van der Waals surface area contributed by atoms with Gasteiger partial charge >= 0.3 is 0 Å². The van der Waals surface area contributed by atoms with Gasteiger partial charge in [-0.1, -0.05) is 18.2 Å². The lowest BCUT2D eigenvalue weighted by atomic mass is 10.1. The first kappa shape index (κ1) is 21.6. The Bertz CT molecular complexity index is 1130. The Morgan fingerprint density at radius 3 is 2.35 bits per heavy atom. The Kier molecular flexibility index (Phi) is 6.40. The molecule has 7 N–H and O–H groups in total. The molecule has 0 unspecified atom stereocenters. The predicted octanol–water partition coefficient (Wildman–Crippen LogP) is 2.70. The van der Waals surface area contributed by atoms with E-state index < -0.39 is 0 Å². The third kappa shape index (κ3) is 5.11. The number of ether oxygens (including phenoxy) is 1. The second-order valence-electron chi connectivity index (χ2n) is 7.27. The first-order valence-corrected chi connectivity index (χ1v) is 9.73. The number of hydrogen-bond acceptors (Lipinski definition) is 5. The topological polar surface area (TPSA) is 148 Å². The zero-order valence-electron chi connectivity index (χ0n) is 17.5. The van der Waals surface area contributed by atoms with Gasteiger partial charge in [0.1, 0.15) is 18.3 Å². The van der Waals surface area contributed by atoms with Crippen molar-refractivity contribution >= 4 is 17.4 Å². The van der Waals surface area contributed by atoms with Crippen LogP contribution in [0.1, 0.15) is 33.5 Å². The van der Waals surface area contributed by atoms with E-state index in [4.69, 9.17) is 27.0 Å².